The van der Waals surface area contributed by atoms with E-state index in [2.05, 4.69) is 5.32 Å². The number of rotatable bonds is 5. The third kappa shape index (κ3) is 2.92. The zero-order chi connectivity index (χ0) is 14.7. The van der Waals surface area contributed by atoms with E-state index in [1.807, 2.05) is 13.8 Å². The molecule has 5 heteroatoms. The predicted molar refractivity (Wildman–Crippen MR) is 75.4 cm³/mol. The minimum absolute atomic E-state index is 0.0960. The van der Waals surface area contributed by atoms with Crippen LogP contribution in [0.25, 0.3) is 0 Å². The Morgan fingerprint density at radius 1 is 1.30 bits per heavy atom. The highest BCUT2D eigenvalue weighted by atomic mass is 16.5. The van der Waals surface area contributed by atoms with Gasteiger partial charge in [0.2, 0.25) is 5.91 Å². The standard InChI is InChI=1S/C15H20N2O3/c1-10(2)14(17-9-8-13(17)18)16-15(19)11-4-6-12(20-3)7-5-11/h4-7,10,14H,8-9H2,1-3H3,(H,16,19). The molecule has 1 saturated heterocycles. The number of nitrogens with one attached hydrogen (secondary N) is 1. The molecule has 0 aliphatic carbocycles. The second-order valence-electron chi connectivity index (χ2n) is 5.23. The van der Waals surface area contributed by atoms with Gasteiger partial charge in [-0.25, -0.2) is 0 Å². The monoisotopic (exact) mass is 276 g/mol. The van der Waals surface area contributed by atoms with Crippen LogP contribution in [0.1, 0.15) is 30.6 Å². The van der Waals surface area contributed by atoms with Crippen molar-refractivity contribution in [2.24, 2.45) is 5.92 Å². The number of hydrogen-bond donors (Lipinski definition) is 1. The first-order valence-electron chi connectivity index (χ1n) is 6.77. The lowest BCUT2D eigenvalue weighted by molar-refractivity contribution is -0.144. The summed E-state index contributed by atoms with van der Waals surface area (Å²) in [6, 6.07) is 6.91. The van der Waals surface area contributed by atoms with E-state index in [4.69, 9.17) is 4.74 Å². The minimum atomic E-state index is -0.245. The number of methoxy groups -OCH3 is 1. The van der Waals surface area contributed by atoms with Crippen LogP contribution < -0.4 is 10.1 Å². The first-order chi connectivity index (χ1) is 9.52. The summed E-state index contributed by atoms with van der Waals surface area (Å²) in [4.78, 5) is 25.5. The van der Waals surface area contributed by atoms with Crippen LogP contribution in [0.5, 0.6) is 5.75 Å². The average molecular weight is 276 g/mol. The molecule has 1 aliphatic rings. The molecule has 0 bridgehead atoms. The van der Waals surface area contributed by atoms with Gasteiger partial charge < -0.3 is 15.0 Å². The van der Waals surface area contributed by atoms with E-state index in [0.29, 0.717) is 24.3 Å². The molecular formula is C15H20N2O3. The first kappa shape index (κ1) is 14.4. The Labute approximate surface area is 118 Å². The molecule has 1 aromatic rings. The van der Waals surface area contributed by atoms with Gasteiger partial charge in [0.25, 0.3) is 5.91 Å². The number of carbonyl (C=O) groups is 2. The highest BCUT2D eigenvalue weighted by molar-refractivity contribution is 5.95. The number of carbonyl (C=O) groups excluding carboxylic acids is 2. The molecule has 1 aromatic carbocycles. The lowest BCUT2D eigenvalue weighted by atomic mass is 10.0. The summed E-state index contributed by atoms with van der Waals surface area (Å²) >= 11 is 0. The first-order valence-corrected chi connectivity index (χ1v) is 6.77. The molecule has 0 saturated carbocycles. The highest BCUT2D eigenvalue weighted by Gasteiger charge is 2.33. The van der Waals surface area contributed by atoms with Gasteiger partial charge in [-0.3, -0.25) is 9.59 Å². The van der Waals surface area contributed by atoms with Crippen LogP contribution in [-0.4, -0.2) is 36.5 Å². The van der Waals surface area contributed by atoms with Gasteiger partial charge >= 0.3 is 0 Å². The van der Waals surface area contributed by atoms with Crippen molar-refractivity contribution < 1.29 is 14.3 Å². The lowest BCUT2D eigenvalue weighted by Crippen LogP contribution is -2.59. The molecule has 1 fully saturated rings. The van der Waals surface area contributed by atoms with Crippen molar-refractivity contribution >= 4 is 11.8 Å². The van der Waals surface area contributed by atoms with Crippen molar-refractivity contribution in [3.63, 3.8) is 0 Å². The van der Waals surface area contributed by atoms with Crippen LogP contribution in [0.3, 0.4) is 0 Å². The van der Waals surface area contributed by atoms with Crippen molar-refractivity contribution in [3.8, 4) is 5.75 Å². The van der Waals surface area contributed by atoms with Crippen molar-refractivity contribution in [3.05, 3.63) is 29.8 Å². The van der Waals surface area contributed by atoms with E-state index in [0.717, 1.165) is 0 Å². The highest BCUT2D eigenvalue weighted by Crippen LogP contribution is 2.18. The van der Waals surface area contributed by atoms with Crippen LogP contribution in [-0.2, 0) is 4.79 Å². The number of β-lactam (4-membered cyclic amide) rings is 1. The van der Waals surface area contributed by atoms with E-state index in [9.17, 15) is 9.59 Å². The Hall–Kier alpha value is -2.04. The molecule has 5 nitrogen and oxygen atoms in total. The summed E-state index contributed by atoms with van der Waals surface area (Å²) in [6.07, 6.45) is 0.326. The number of ether oxygens (including phenoxy) is 1. The smallest absolute Gasteiger partial charge is 0.252 e. The van der Waals surface area contributed by atoms with Crippen molar-refractivity contribution in [1.82, 2.24) is 10.2 Å². The number of nitrogens with zero attached hydrogens (tertiary/aromatic N) is 1. The number of benzene rings is 1. The van der Waals surface area contributed by atoms with Crippen molar-refractivity contribution in [2.75, 3.05) is 13.7 Å². The zero-order valence-corrected chi connectivity index (χ0v) is 12.1. The third-order valence-electron chi connectivity index (χ3n) is 3.49. The summed E-state index contributed by atoms with van der Waals surface area (Å²) in [7, 11) is 1.58. The Morgan fingerprint density at radius 2 is 1.95 bits per heavy atom. The fourth-order valence-corrected chi connectivity index (χ4v) is 2.19. The number of likely N-dealkylation sites (tertiary alicyclic amines) is 1. The van der Waals surface area contributed by atoms with Gasteiger partial charge in [-0.2, -0.15) is 0 Å². The number of hydrogen-bond acceptors (Lipinski definition) is 3. The SMILES string of the molecule is COc1ccc(C(=O)NC(C(C)C)N2CCC2=O)cc1. The van der Waals surface area contributed by atoms with Crippen LogP contribution in [0.4, 0.5) is 0 Å². The van der Waals surface area contributed by atoms with E-state index >= 15 is 0 Å². The molecule has 1 aliphatic heterocycles. The van der Waals surface area contributed by atoms with Crippen molar-refractivity contribution in [1.29, 1.82) is 0 Å². The molecule has 1 N–H and O–H groups in total. The molecule has 1 heterocycles. The van der Waals surface area contributed by atoms with Gasteiger partial charge in [0, 0.05) is 18.5 Å². The largest absolute Gasteiger partial charge is 0.497 e. The molecular weight excluding hydrogens is 256 g/mol. The normalized spacial score (nSPS) is 15.8. The van der Waals surface area contributed by atoms with E-state index in [1.165, 1.54) is 0 Å². The Morgan fingerprint density at radius 3 is 2.35 bits per heavy atom. The van der Waals surface area contributed by atoms with Crippen molar-refractivity contribution in [2.45, 2.75) is 26.4 Å². The molecule has 0 radical (unpaired) electrons. The molecule has 20 heavy (non-hydrogen) atoms. The van der Waals surface area contributed by atoms with Gasteiger partial charge in [0.05, 0.1) is 7.11 Å². The molecule has 0 aromatic heterocycles. The van der Waals surface area contributed by atoms with Gasteiger partial charge in [-0.15, -0.1) is 0 Å². The maximum atomic E-state index is 12.2. The Kier molecular flexibility index (Phi) is 4.27. The van der Waals surface area contributed by atoms with E-state index in [-0.39, 0.29) is 23.9 Å². The van der Waals surface area contributed by atoms with Gasteiger partial charge in [-0.05, 0) is 30.2 Å². The van der Waals surface area contributed by atoms with E-state index < -0.39 is 0 Å². The van der Waals surface area contributed by atoms with Crippen LogP contribution in [0.15, 0.2) is 24.3 Å². The summed E-state index contributed by atoms with van der Waals surface area (Å²) in [5.41, 5.74) is 0.560. The molecule has 108 valence electrons. The summed E-state index contributed by atoms with van der Waals surface area (Å²) < 4.78 is 5.06. The summed E-state index contributed by atoms with van der Waals surface area (Å²) in [5.74, 6) is 0.797. The minimum Gasteiger partial charge on any atom is -0.497 e. The fraction of sp³-hybridized carbons (Fsp3) is 0.467. The van der Waals surface area contributed by atoms with Crippen LogP contribution in [0, 0.1) is 5.92 Å². The predicted octanol–water partition coefficient (Wildman–Crippen LogP) is 1.64. The second-order valence-corrected chi connectivity index (χ2v) is 5.23. The second kappa shape index (κ2) is 5.94. The molecule has 2 amide bonds. The van der Waals surface area contributed by atoms with Gasteiger partial charge in [0.15, 0.2) is 0 Å². The molecule has 1 atom stereocenters. The zero-order valence-electron chi connectivity index (χ0n) is 12.1. The maximum Gasteiger partial charge on any atom is 0.252 e. The Balaban J connectivity index is 2.05. The average Bonchev–Trinajstić information content (AvgIpc) is 2.44. The molecule has 2 rings (SSSR count). The molecule has 0 spiro atoms. The maximum absolute atomic E-state index is 12.2. The number of amides is 2. The third-order valence-corrected chi connectivity index (χ3v) is 3.49. The fourth-order valence-electron chi connectivity index (χ4n) is 2.19. The van der Waals surface area contributed by atoms with E-state index in [1.54, 1.807) is 36.3 Å². The summed E-state index contributed by atoms with van der Waals surface area (Å²) in [5, 5.41) is 2.93. The lowest BCUT2D eigenvalue weighted by Gasteiger charge is -2.40. The van der Waals surface area contributed by atoms with Gasteiger partial charge in [0.1, 0.15) is 11.9 Å². The van der Waals surface area contributed by atoms with Crippen LogP contribution in [0.2, 0.25) is 0 Å². The van der Waals surface area contributed by atoms with Gasteiger partial charge in [-0.1, -0.05) is 13.8 Å². The quantitative estimate of drug-likeness (QED) is 0.832. The molecule has 1 unspecified atom stereocenters. The summed E-state index contributed by atoms with van der Waals surface area (Å²) in [6.45, 7) is 4.69. The topological polar surface area (TPSA) is 58.6 Å². The van der Waals surface area contributed by atoms with Crippen LogP contribution >= 0.6 is 0 Å². The Bertz CT molecular complexity index is 496.